The summed E-state index contributed by atoms with van der Waals surface area (Å²) in [6.07, 6.45) is 7.67. The minimum Gasteiger partial charge on any atom is -0.497 e. The molecule has 3 aromatic carbocycles. The Kier molecular flexibility index (Phi) is 7.68. The fourth-order valence-electron chi connectivity index (χ4n) is 5.34. The van der Waals surface area contributed by atoms with E-state index >= 15 is 0 Å². The molecule has 7 heteroatoms. The third kappa shape index (κ3) is 5.27. The molecule has 1 N–H and O–H groups in total. The third-order valence-corrected chi connectivity index (χ3v) is 7.92. The topological polar surface area (TPSA) is 50.7 Å². The zero-order chi connectivity index (χ0) is 27.6. The molecule has 2 aliphatic rings. The van der Waals surface area contributed by atoms with Gasteiger partial charge in [0.2, 0.25) is 0 Å². The first-order valence-corrected chi connectivity index (χ1v) is 13.9. The number of urea groups is 1. The van der Waals surface area contributed by atoms with Gasteiger partial charge < -0.3 is 4.74 Å². The summed E-state index contributed by atoms with van der Waals surface area (Å²) in [4.78, 5) is 14.6. The number of carbonyl (C=O) groups is 1. The number of allylic oxidation sites excluding steroid dienone is 2. The summed E-state index contributed by atoms with van der Waals surface area (Å²) in [5, 5.41) is 9.13. The second-order valence-corrected chi connectivity index (χ2v) is 11.3. The molecule has 0 radical (unpaired) electrons. The van der Waals surface area contributed by atoms with Gasteiger partial charge in [-0.15, -0.1) is 0 Å². The highest BCUT2D eigenvalue weighted by atomic mass is 35.5. The van der Waals surface area contributed by atoms with Crippen molar-refractivity contribution in [2.24, 2.45) is 5.10 Å². The lowest BCUT2D eigenvalue weighted by Crippen LogP contribution is -2.57. The summed E-state index contributed by atoms with van der Waals surface area (Å²) in [6, 6.07) is 22.8. The third-order valence-electron chi connectivity index (χ3n) is 7.38. The van der Waals surface area contributed by atoms with E-state index in [1.807, 2.05) is 80.7 Å². The molecule has 0 saturated heterocycles. The number of benzene rings is 3. The SMILES string of the molecule is COc1ccc(/C=C2\CCCCC3=C2[N+](C(=O)NC(C)(C)c2ccccc2)(c2ccc(Cl)cc2Cl)N=C3)cc1. The Balaban J connectivity index is 1.68. The molecule has 1 aliphatic carbocycles. The predicted molar refractivity (Wildman–Crippen MR) is 161 cm³/mol. The first-order chi connectivity index (χ1) is 18.7. The predicted octanol–water partition coefficient (Wildman–Crippen LogP) is 8.87. The summed E-state index contributed by atoms with van der Waals surface area (Å²) in [5.41, 5.74) is 4.88. The van der Waals surface area contributed by atoms with Crippen LogP contribution in [0.3, 0.4) is 0 Å². The Morgan fingerprint density at radius 2 is 1.72 bits per heavy atom. The first-order valence-electron chi connectivity index (χ1n) is 13.1. The van der Waals surface area contributed by atoms with Gasteiger partial charge >= 0.3 is 6.03 Å². The molecule has 2 amide bonds. The number of halogens is 2. The van der Waals surface area contributed by atoms with Crippen LogP contribution in [0.1, 0.15) is 50.7 Å². The molecule has 1 atom stereocenters. The number of hydrogen-bond acceptors (Lipinski definition) is 3. The molecule has 200 valence electrons. The van der Waals surface area contributed by atoms with Gasteiger partial charge in [0.1, 0.15) is 10.8 Å². The number of nitrogens with one attached hydrogen (secondary N) is 1. The number of ether oxygens (including phenoxy) is 1. The van der Waals surface area contributed by atoms with Crippen LogP contribution in [0.5, 0.6) is 5.75 Å². The van der Waals surface area contributed by atoms with Gasteiger partial charge in [-0.1, -0.05) is 70.8 Å². The zero-order valence-electron chi connectivity index (χ0n) is 22.4. The van der Waals surface area contributed by atoms with Crippen LogP contribution in [0, 0.1) is 0 Å². The van der Waals surface area contributed by atoms with Gasteiger partial charge in [0, 0.05) is 22.2 Å². The monoisotopic (exact) mass is 560 g/mol. The van der Waals surface area contributed by atoms with Crippen molar-refractivity contribution in [2.45, 2.75) is 45.1 Å². The van der Waals surface area contributed by atoms with Crippen LogP contribution in [0.2, 0.25) is 10.0 Å². The van der Waals surface area contributed by atoms with E-state index in [2.05, 4.69) is 11.4 Å². The molecule has 0 fully saturated rings. The van der Waals surface area contributed by atoms with Crippen LogP contribution in [-0.2, 0) is 5.54 Å². The van der Waals surface area contributed by atoms with E-state index in [0.29, 0.717) is 15.7 Å². The molecule has 5 rings (SSSR count). The summed E-state index contributed by atoms with van der Waals surface area (Å²) >= 11 is 13.1. The summed E-state index contributed by atoms with van der Waals surface area (Å²) in [5.74, 6) is 0.794. The maximum absolute atomic E-state index is 14.6. The highest BCUT2D eigenvalue weighted by Crippen LogP contribution is 2.47. The first kappa shape index (κ1) is 27.2. The summed E-state index contributed by atoms with van der Waals surface area (Å²) < 4.78 is 4.95. The molecule has 0 bridgehead atoms. The fraction of sp³-hybridized carbons (Fsp3) is 0.250. The molecule has 5 nitrogen and oxygen atoms in total. The fourth-order valence-corrected chi connectivity index (χ4v) is 5.87. The van der Waals surface area contributed by atoms with Crippen LogP contribution >= 0.6 is 23.2 Å². The van der Waals surface area contributed by atoms with E-state index in [1.165, 1.54) is 0 Å². The number of nitrogens with zero attached hydrogens (tertiary/aromatic N) is 2. The minimum atomic E-state index is -0.661. The maximum atomic E-state index is 14.6. The number of amides is 2. The van der Waals surface area contributed by atoms with Gasteiger partial charge in [-0.2, -0.15) is 0 Å². The number of rotatable bonds is 5. The highest BCUT2D eigenvalue weighted by molar-refractivity contribution is 6.36. The van der Waals surface area contributed by atoms with Crippen molar-refractivity contribution < 1.29 is 9.53 Å². The Morgan fingerprint density at radius 3 is 2.41 bits per heavy atom. The number of hydrogen-bond donors (Lipinski definition) is 1. The smallest absolute Gasteiger partial charge is 0.454 e. The average Bonchev–Trinajstić information content (AvgIpc) is 3.19. The second kappa shape index (κ2) is 11.0. The van der Waals surface area contributed by atoms with Crippen molar-refractivity contribution in [2.75, 3.05) is 7.11 Å². The average molecular weight is 562 g/mol. The van der Waals surface area contributed by atoms with Crippen LogP contribution in [0.25, 0.3) is 6.08 Å². The Bertz CT molecular complexity index is 1480. The standard InChI is InChI=1S/C32H31Cl2N3O2/c1-32(2,25-11-5-4-6-12-25)36-31(38)37(29-18-15-26(33)20-28(29)34)30-23(9-7-8-10-24(30)21-35-37)19-22-13-16-27(39-3)17-14-22/h4-6,11-21H,7-10H2,1-3H3/p+1/b23-19+. The minimum absolute atomic E-state index is 0.281. The largest absolute Gasteiger partial charge is 0.497 e. The highest BCUT2D eigenvalue weighted by Gasteiger charge is 2.53. The Morgan fingerprint density at radius 1 is 1.00 bits per heavy atom. The zero-order valence-corrected chi connectivity index (χ0v) is 23.9. The summed E-state index contributed by atoms with van der Waals surface area (Å²) in [6.45, 7) is 3.99. The van der Waals surface area contributed by atoms with Crippen molar-refractivity contribution in [3.8, 4) is 5.75 Å². The second-order valence-electron chi connectivity index (χ2n) is 10.4. The van der Waals surface area contributed by atoms with Crippen molar-refractivity contribution in [3.05, 3.63) is 111 Å². The molecule has 1 unspecified atom stereocenters. The normalized spacial score (nSPS) is 20.1. The molecule has 0 aromatic heterocycles. The van der Waals surface area contributed by atoms with Gasteiger partial charge in [-0.25, -0.2) is 4.79 Å². The van der Waals surface area contributed by atoms with Crippen LogP contribution in [0.15, 0.2) is 94.7 Å². The van der Waals surface area contributed by atoms with Crippen molar-refractivity contribution >= 4 is 47.2 Å². The molecule has 3 aromatic rings. The van der Waals surface area contributed by atoms with Gasteiger partial charge in [0.25, 0.3) is 0 Å². The lowest BCUT2D eigenvalue weighted by molar-refractivity contribution is 0.203. The van der Waals surface area contributed by atoms with Crippen LogP contribution < -0.4 is 14.6 Å². The lowest BCUT2D eigenvalue weighted by atomic mass is 9.94. The lowest BCUT2D eigenvalue weighted by Gasteiger charge is -2.34. The molecular weight excluding hydrogens is 529 g/mol. The van der Waals surface area contributed by atoms with E-state index < -0.39 is 10.1 Å². The Hall–Kier alpha value is -3.38. The van der Waals surface area contributed by atoms with Crippen LogP contribution in [0.4, 0.5) is 10.5 Å². The molecule has 39 heavy (non-hydrogen) atoms. The van der Waals surface area contributed by atoms with E-state index in [-0.39, 0.29) is 6.03 Å². The van der Waals surface area contributed by atoms with E-state index in [9.17, 15) is 4.79 Å². The molecule has 0 spiro atoms. The van der Waals surface area contributed by atoms with Gasteiger partial charge in [0.15, 0.2) is 11.4 Å². The van der Waals surface area contributed by atoms with E-state index in [1.54, 1.807) is 19.2 Å². The van der Waals surface area contributed by atoms with Gasteiger partial charge in [0.05, 0.1) is 18.9 Å². The molecular formula is C32H32Cl2N3O2+. The van der Waals surface area contributed by atoms with Crippen molar-refractivity contribution in [3.63, 3.8) is 0 Å². The number of quaternary nitrogens is 1. The van der Waals surface area contributed by atoms with Crippen LogP contribution in [-0.4, -0.2) is 19.4 Å². The summed E-state index contributed by atoms with van der Waals surface area (Å²) in [7, 11) is 1.66. The van der Waals surface area contributed by atoms with E-state index in [4.69, 9.17) is 33.0 Å². The number of methoxy groups -OCH3 is 1. The molecule has 1 aliphatic heterocycles. The van der Waals surface area contributed by atoms with Gasteiger partial charge in [-0.3, -0.25) is 5.32 Å². The molecule has 1 heterocycles. The maximum Gasteiger partial charge on any atom is 0.454 e. The Labute approximate surface area is 240 Å². The van der Waals surface area contributed by atoms with E-state index in [0.717, 1.165) is 59.4 Å². The van der Waals surface area contributed by atoms with Crippen molar-refractivity contribution in [1.29, 1.82) is 0 Å². The number of carbonyl (C=O) groups excluding carboxylic acids is 1. The van der Waals surface area contributed by atoms with Crippen molar-refractivity contribution in [1.82, 2.24) is 9.91 Å². The molecule has 0 saturated carbocycles. The van der Waals surface area contributed by atoms with Gasteiger partial charge in [-0.05, 0) is 85.6 Å². The quantitative estimate of drug-likeness (QED) is 0.317.